The van der Waals surface area contributed by atoms with Crippen LogP contribution in [0.3, 0.4) is 0 Å². The van der Waals surface area contributed by atoms with Gasteiger partial charge in [-0.2, -0.15) is 0 Å². The molecule has 4 nitrogen and oxygen atoms in total. The molecule has 2 atom stereocenters. The van der Waals surface area contributed by atoms with E-state index in [2.05, 4.69) is 11.9 Å². The van der Waals surface area contributed by atoms with Gasteiger partial charge >= 0.3 is 0 Å². The molecule has 0 bridgehead atoms. The zero-order valence-corrected chi connectivity index (χ0v) is 10.2. The summed E-state index contributed by atoms with van der Waals surface area (Å²) in [7, 11) is 0. The minimum absolute atomic E-state index is 0.0676. The number of thiazole rings is 1. The summed E-state index contributed by atoms with van der Waals surface area (Å²) in [5.41, 5.74) is 8.61. The molecule has 2 N–H and O–H groups in total. The first-order valence-corrected chi connectivity index (χ1v) is 6.56. The summed E-state index contributed by atoms with van der Waals surface area (Å²) >= 11 is 1.53. The third kappa shape index (κ3) is 2.41. The molecule has 0 radical (unpaired) electrons. The Kier molecular flexibility index (Phi) is 3.56. The summed E-state index contributed by atoms with van der Waals surface area (Å²) in [5, 5.41) is 1.94. The molecule has 1 saturated heterocycles. The lowest BCUT2D eigenvalue weighted by atomic mass is 10.1. The first-order chi connectivity index (χ1) is 7.68. The molecule has 1 aliphatic rings. The molecular weight excluding hydrogens is 222 g/mol. The molecule has 1 aliphatic heterocycles. The Balaban J connectivity index is 1.94. The highest BCUT2D eigenvalue weighted by molar-refractivity contribution is 7.07. The molecule has 2 heterocycles. The maximum absolute atomic E-state index is 12.1. The zero-order chi connectivity index (χ0) is 11.5. The van der Waals surface area contributed by atoms with Crippen LogP contribution in [0.25, 0.3) is 0 Å². The van der Waals surface area contributed by atoms with Gasteiger partial charge in [0.25, 0.3) is 0 Å². The number of carbonyl (C=O) groups excluding carboxylic acids is 1. The van der Waals surface area contributed by atoms with Crippen molar-refractivity contribution in [3.05, 3.63) is 16.6 Å². The van der Waals surface area contributed by atoms with Gasteiger partial charge in [-0.1, -0.05) is 0 Å². The van der Waals surface area contributed by atoms with Crippen molar-refractivity contribution in [1.29, 1.82) is 0 Å². The van der Waals surface area contributed by atoms with Gasteiger partial charge < -0.3 is 10.6 Å². The molecule has 16 heavy (non-hydrogen) atoms. The number of nitrogens with zero attached hydrogens (tertiary/aromatic N) is 2. The predicted octanol–water partition coefficient (Wildman–Crippen LogP) is 1.02. The Morgan fingerprint density at radius 3 is 3.19 bits per heavy atom. The van der Waals surface area contributed by atoms with E-state index in [4.69, 9.17) is 5.73 Å². The summed E-state index contributed by atoms with van der Waals surface area (Å²) in [4.78, 5) is 18.1. The van der Waals surface area contributed by atoms with Crippen molar-refractivity contribution in [1.82, 2.24) is 9.88 Å². The summed E-state index contributed by atoms with van der Waals surface area (Å²) in [6.07, 6.45) is 2.73. The molecule has 0 saturated carbocycles. The number of amides is 1. The van der Waals surface area contributed by atoms with Crippen LogP contribution in [0.15, 0.2) is 10.9 Å². The van der Waals surface area contributed by atoms with Crippen molar-refractivity contribution in [3.63, 3.8) is 0 Å². The third-order valence-electron chi connectivity index (χ3n) is 3.07. The fraction of sp³-hybridized carbons (Fsp3) is 0.636. The highest BCUT2D eigenvalue weighted by Gasteiger charge is 2.28. The standard InChI is InChI=1S/C11H17N3OS/c1-8-3-2-4-14(8)11(15)10(12)5-9-6-16-7-13-9/h6-8,10H,2-5,12H2,1H3/t8-,10+/m1/s1. The van der Waals surface area contributed by atoms with Gasteiger partial charge in [0.2, 0.25) is 5.91 Å². The fourth-order valence-corrected chi connectivity index (χ4v) is 2.70. The number of aromatic nitrogens is 1. The molecule has 88 valence electrons. The van der Waals surface area contributed by atoms with E-state index in [9.17, 15) is 4.79 Å². The first kappa shape index (κ1) is 11.5. The average Bonchev–Trinajstić information content (AvgIpc) is 2.88. The van der Waals surface area contributed by atoms with Crippen molar-refractivity contribution in [2.24, 2.45) is 5.73 Å². The lowest BCUT2D eigenvalue weighted by Crippen LogP contribution is -2.46. The maximum atomic E-state index is 12.1. The predicted molar refractivity (Wildman–Crippen MR) is 64.2 cm³/mol. The van der Waals surface area contributed by atoms with Crippen LogP contribution >= 0.6 is 11.3 Å². The number of carbonyl (C=O) groups is 1. The van der Waals surface area contributed by atoms with Crippen molar-refractivity contribution >= 4 is 17.2 Å². The quantitative estimate of drug-likeness (QED) is 0.857. The van der Waals surface area contributed by atoms with Gasteiger partial charge in [-0.05, 0) is 19.8 Å². The minimum Gasteiger partial charge on any atom is -0.339 e. The van der Waals surface area contributed by atoms with E-state index in [1.165, 1.54) is 11.3 Å². The van der Waals surface area contributed by atoms with Crippen molar-refractivity contribution in [2.45, 2.75) is 38.3 Å². The second-order valence-electron chi connectivity index (χ2n) is 4.31. The molecule has 5 heteroatoms. The fourth-order valence-electron chi connectivity index (χ4n) is 2.12. The molecule has 1 fully saturated rings. The maximum Gasteiger partial charge on any atom is 0.240 e. The average molecular weight is 239 g/mol. The van der Waals surface area contributed by atoms with Gasteiger partial charge in [-0.3, -0.25) is 4.79 Å². The number of rotatable bonds is 3. The summed E-state index contributed by atoms with van der Waals surface area (Å²) in [6.45, 7) is 2.94. The van der Waals surface area contributed by atoms with E-state index < -0.39 is 6.04 Å². The lowest BCUT2D eigenvalue weighted by Gasteiger charge is -2.24. The summed E-state index contributed by atoms with van der Waals surface area (Å²) < 4.78 is 0. The molecule has 0 spiro atoms. The molecule has 0 aliphatic carbocycles. The molecule has 1 amide bonds. The van der Waals surface area contributed by atoms with Gasteiger partial charge in [0.05, 0.1) is 17.2 Å². The van der Waals surface area contributed by atoms with Gasteiger partial charge in [-0.25, -0.2) is 4.98 Å². The number of likely N-dealkylation sites (tertiary alicyclic amines) is 1. The van der Waals surface area contributed by atoms with Crippen LogP contribution in [-0.4, -0.2) is 34.4 Å². The van der Waals surface area contributed by atoms with Gasteiger partial charge in [0.1, 0.15) is 0 Å². The van der Waals surface area contributed by atoms with Crippen LogP contribution < -0.4 is 5.73 Å². The van der Waals surface area contributed by atoms with Gasteiger partial charge in [0.15, 0.2) is 0 Å². The third-order valence-corrected chi connectivity index (χ3v) is 3.70. The number of nitrogens with two attached hydrogens (primary N) is 1. The van der Waals surface area contributed by atoms with Crippen molar-refractivity contribution in [3.8, 4) is 0 Å². The van der Waals surface area contributed by atoms with E-state index >= 15 is 0 Å². The number of hydrogen-bond donors (Lipinski definition) is 1. The van der Waals surface area contributed by atoms with E-state index in [1.54, 1.807) is 5.51 Å². The van der Waals surface area contributed by atoms with E-state index in [0.29, 0.717) is 12.5 Å². The van der Waals surface area contributed by atoms with Gasteiger partial charge in [0, 0.05) is 24.4 Å². The van der Waals surface area contributed by atoms with Crippen LogP contribution in [0.4, 0.5) is 0 Å². The second-order valence-corrected chi connectivity index (χ2v) is 5.03. The Bertz CT molecular complexity index is 352. The monoisotopic (exact) mass is 239 g/mol. The topological polar surface area (TPSA) is 59.2 Å². The number of hydrogen-bond acceptors (Lipinski definition) is 4. The molecule has 1 aromatic rings. The van der Waals surface area contributed by atoms with Crippen LogP contribution in [0, 0.1) is 0 Å². The van der Waals surface area contributed by atoms with Crippen LogP contribution in [0.1, 0.15) is 25.5 Å². The highest BCUT2D eigenvalue weighted by atomic mass is 32.1. The highest BCUT2D eigenvalue weighted by Crippen LogP contribution is 2.17. The summed E-state index contributed by atoms with van der Waals surface area (Å²) in [6, 6.07) is -0.100. The Hall–Kier alpha value is -0.940. The molecule has 0 unspecified atom stereocenters. The second kappa shape index (κ2) is 4.93. The van der Waals surface area contributed by atoms with Gasteiger partial charge in [-0.15, -0.1) is 11.3 Å². The van der Waals surface area contributed by atoms with Crippen molar-refractivity contribution < 1.29 is 4.79 Å². The van der Waals surface area contributed by atoms with Crippen LogP contribution in [-0.2, 0) is 11.2 Å². The molecule has 2 rings (SSSR count). The molecule has 0 aromatic carbocycles. The van der Waals surface area contributed by atoms with Crippen molar-refractivity contribution in [2.75, 3.05) is 6.54 Å². The largest absolute Gasteiger partial charge is 0.339 e. The normalized spacial score (nSPS) is 22.4. The zero-order valence-electron chi connectivity index (χ0n) is 9.43. The Morgan fingerprint density at radius 1 is 1.81 bits per heavy atom. The van der Waals surface area contributed by atoms with E-state index in [1.807, 2.05) is 10.3 Å². The Morgan fingerprint density at radius 2 is 2.62 bits per heavy atom. The van der Waals surface area contributed by atoms with E-state index in [-0.39, 0.29) is 5.91 Å². The summed E-state index contributed by atoms with van der Waals surface area (Å²) in [5.74, 6) is 0.0676. The molecular formula is C11H17N3OS. The Labute approximate surface area is 99.5 Å². The minimum atomic E-state index is -0.442. The van der Waals surface area contributed by atoms with Crippen LogP contribution in [0.2, 0.25) is 0 Å². The van der Waals surface area contributed by atoms with E-state index in [0.717, 1.165) is 25.1 Å². The smallest absolute Gasteiger partial charge is 0.240 e. The lowest BCUT2D eigenvalue weighted by molar-refractivity contribution is -0.133. The SMILES string of the molecule is C[C@@H]1CCCN1C(=O)[C@@H](N)Cc1cscn1. The molecule has 1 aromatic heterocycles. The first-order valence-electron chi connectivity index (χ1n) is 5.61. The van der Waals surface area contributed by atoms with Crippen LogP contribution in [0.5, 0.6) is 0 Å².